The molecule has 0 fully saturated rings. The Labute approximate surface area is 149 Å². The zero-order chi connectivity index (χ0) is 16.7. The lowest BCUT2D eigenvalue weighted by atomic mass is 10.2. The molecule has 0 amide bonds. The predicted octanol–water partition coefficient (Wildman–Crippen LogP) is 3.07. The molecule has 0 spiro atoms. The van der Waals surface area contributed by atoms with Gasteiger partial charge in [0.15, 0.2) is 5.82 Å². The van der Waals surface area contributed by atoms with E-state index < -0.39 is 0 Å². The number of benzene rings is 1. The Morgan fingerprint density at radius 1 is 1.08 bits per heavy atom. The van der Waals surface area contributed by atoms with Crippen LogP contribution in [0.25, 0.3) is 22.4 Å². The van der Waals surface area contributed by atoms with Crippen LogP contribution in [0.1, 0.15) is 5.56 Å². The number of rotatable bonds is 2. The van der Waals surface area contributed by atoms with E-state index in [4.69, 9.17) is 23.2 Å². The standard InChI is InChI=1S/C16H8Cl2N4OS/c17-11-2-1-9(7-12(11)18)8-13-15(23)22-16(24-13)20-14(21-22)10-3-5-19-6-4-10/h1-8H/b13-8-. The van der Waals surface area contributed by atoms with Crippen LogP contribution in [0.4, 0.5) is 0 Å². The molecule has 0 radical (unpaired) electrons. The van der Waals surface area contributed by atoms with E-state index in [1.54, 1.807) is 48.8 Å². The van der Waals surface area contributed by atoms with Gasteiger partial charge >= 0.3 is 0 Å². The summed E-state index contributed by atoms with van der Waals surface area (Å²) in [5.41, 5.74) is 1.39. The summed E-state index contributed by atoms with van der Waals surface area (Å²) in [5, 5.41) is 5.20. The normalized spacial score (nSPS) is 12.2. The van der Waals surface area contributed by atoms with Crippen LogP contribution in [0, 0.1) is 0 Å². The van der Waals surface area contributed by atoms with Gasteiger partial charge in [-0.25, -0.2) is 0 Å². The van der Waals surface area contributed by atoms with Crippen molar-refractivity contribution >= 4 is 45.6 Å². The van der Waals surface area contributed by atoms with Gasteiger partial charge in [-0.1, -0.05) is 40.6 Å². The lowest BCUT2D eigenvalue weighted by Gasteiger charge is -1.96. The monoisotopic (exact) mass is 374 g/mol. The third-order valence-corrected chi connectivity index (χ3v) is 5.06. The van der Waals surface area contributed by atoms with Crippen molar-refractivity contribution in [3.63, 3.8) is 0 Å². The molecule has 0 bridgehead atoms. The molecule has 8 heteroatoms. The Kier molecular flexibility index (Phi) is 3.80. The first-order valence-electron chi connectivity index (χ1n) is 6.88. The summed E-state index contributed by atoms with van der Waals surface area (Å²) in [6.07, 6.45) is 5.07. The number of thiazole rings is 1. The van der Waals surface area contributed by atoms with Crippen LogP contribution < -0.4 is 10.1 Å². The highest BCUT2D eigenvalue weighted by atomic mass is 35.5. The van der Waals surface area contributed by atoms with E-state index in [9.17, 15) is 4.79 Å². The Morgan fingerprint density at radius 2 is 1.88 bits per heavy atom. The van der Waals surface area contributed by atoms with Crippen molar-refractivity contribution in [2.24, 2.45) is 0 Å². The quantitative estimate of drug-likeness (QED) is 0.540. The van der Waals surface area contributed by atoms with E-state index in [0.29, 0.717) is 25.4 Å². The second-order valence-electron chi connectivity index (χ2n) is 4.96. The molecule has 0 aliphatic carbocycles. The molecule has 0 saturated heterocycles. The molecule has 0 aliphatic rings. The maximum Gasteiger partial charge on any atom is 0.291 e. The van der Waals surface area contributed by atoms with E-state index in [-0.39, 0.29) is 5.56 Å². The summed E-state index contributed by atoms with van der Waals surface area (Å²) in [5.74, 6) is 0.502. The largest absolute Gasteiger partial charge is 0.291 e. The number of aromatic nitrogens is 4. The number of hydrogen-bond acceptors (Lipinski definition) is 5. The van der Waals surface area contributed by atoms with Gasteiger partial charge < -0.3 is 0 Å². The highest BCUT2D eigenvalue weighted by molar-refractivity contribution is 7.15. The Hall–Kier alpha value is -2.28. The Balaban J connectivity index is 1.82. The van der Waals surface area contributed by atoms with Gasteiger partial charge in [-0.3, -0.25) is 9.78 Å². The van der Waals surface area contributed by atoms with Crippen molar-refractivity contribution in [1.82, 2.24) is 19.6 Å². The molecule has 0 atom stereocenters. The second kappa shape index (κ2) is 5.98. The molecule has 4 rings (SSSR count). The average molecular weight is 375 g/mol. The van der Waals surface area contributed by atoms with E-state index in [1.165, 1.54) is 15.9 Å². The van der Waals surface area contributed by atoms with Gasteiger partial charge in [-0.2, -0.15) is 9.50 Å². The van der Waals surface area contributed by atoms with Gasteiger partial charge in [0.25, 0.3) is 5.56 Å². The smallest absolute Gasteiger partial charge is 0.266 e. The number of fused-ring (bicyclic) bond motifs is 1. The van der Waals surface area contributed by atoms with Crippen molar-refractivity contribution in [2.75, 3.05) is 0 Å². The molecule has 118 valence electrons. The Morgan fingerprint density at radius 3 is 2.58 bits per heavy atom. The van der Waals surface area contributed by atoms with Gasteiger partial charge in [0, 0.05) is 18.0 Å². The minimum absolute atomic E-state index is 0.214. The minimum Gasteiger partial charge on any atom is -0.266 e. The van der Waals surface area contributed by atoms with Crippen LogP contribution in [0.5, 0.6) is 0 Å². The average Bonchev–Trinajstić information content (AvgIpc) is 3.12. The van der Waals surface area contributed by atoms with Gasteiger partial charge in [0.1, 0.15) is 0 Å². The number of hydrogen-bond donors (Lipinski definition) is 0. The number of halogens is 2. The molecule has 0 unspecified atom stereocenters. The van der Waals surface area contributed by atoms with Gasteiger partial charge in [-0.15, -0.1) is 5.10 Å². The molecule has 5 nitrogen and oxygen atoms in total. The molecule has 1 aromatic carbocycles. The molecule has 3 heterocycles. The third-order valence-electron chi connectivity index (χ3n) is 3.36. The molecule has 0 aliphatic heterocycles. The lowest BCUT2D eigenvalue weighted by molar-refractivity contribution is 0.936. The highest BCUT2D eigenvalue weighted by Crippen LogP contribution is 2.23. The minimum atomic E-state index is -0.214. The molecular weight excluding hydrogens is 367 g/mol. The molecule has 3 aromatic heterocycles. The predicted molar refractivity (Wildman–Crippen MR) is 95.6 cm³/mol. The lowest BCUT2D eigenvalue weighted by Crippen LogP contribution is -2.23. The van der Waals surface area contributed by atoms with Crippen LogP contribution in [0.15, 0.2) is 47.5 Å². The van der Waals surface area contributed by atoms with E-state index in [0.717, 1.165) is 11.1 Å². The fourth-order valence-electron chi connectivity index (χ4n) is 2.21. The third kappa shape index (κ3) is 2.69. The fraction of sp³-hybridized carbons (Fsp3) is 0. The number of nitrogens with zero attached hydrogens (tertiary/aromatic N) is 4. The fourth-order valence-corrected chi connectivity index (χ4v) is 3.42. The van der Waals surface area contributed by atoms with Crippen molar-refractivity contribution in [3.8, 4) is 11.4 Å². The first kappa shape index (κ1) is 15.3. The highest BCUT2D eigenvalue weighted by Gasteiger charge is 2.11. The molecule has 4 aromatic rings. The van der Waals surface area contributed by atoms with Crippen molar-refractivity contribution in [2.45, 2.75) is 0 Å². The van der Waals surface area contributed by atoms with Gasteiger partial charge in [0.2, 0.25) is 4.96 Å². The molecule has 24 heavy (non-hydrogen) atoms. The molecule has 0 saturated carbocycles. The van der Waals surface area contributed by atoms with Crippen LogP contribution in [-0.2, 0) is 0 Å². The molecule has 0 N–H and O–H groups in total. The zero-order valence-electron chi connectivity index (χ0n) is 12.0. The Bertz CT molecular complexity index is 1150. The summed E-state index contributed by atoms with van der Waals surface area (Å²) >= 11 is 13.2. The van der Waals surface area contributed by atoms with Crippen LogP contribution in [-0.4, -0.2) is 19.6 Å². The summed E-state index contributed by atoms with van der Waals surface area (Å²) in [4.78, 5) is 21.4. The van der Waals surface area contributed by atoms with E-state index in [2.05, 4.69) is 15.1 Å². The maximum atomic E-state index is 12.5. The zero-order valence-corrected chi connectivity index (χ0v) is 14.3. The first-order chi connectivity index (χ1) is 11.6. The van der Waals surface area contributed by atoms with Crippen LogP contribution in [0.2, 0.25) is 10.0 Å². The SMILES string of the molecule is O=c1/c(=C/c2ccc(Cl)c(Cl)c2)sc2nc(-c3ccncc3)nn12. The van der Waals surface area contributed by atoms with Gasteiger partial charge in [-0.05, 0) is 35.9 Å². The van der Waals surface area contributed by atoms with Gasteiger partial charge in [0.05, 0.1) is 14.6 Å². The van der Waals surface area contributed by atoms with Crippen molar-refractivity contribution in [3.05, 3.63) is 73.2 Å². The van der Waals surface area contributed by atoms with Crippen LogP contribution in [0.3, 0.4) is 0 Å². The first-order valence-corrected chi connectivity index (χ1v) is 8.46. The van der Waals surface area contributed by atoms with Crippen molar-refractivity contribution in [1.29, 1.82) is 0 Å². The van der Waals surface area contributed by atoms with Crippen molar-refractivity contribution < 1.29 is 0 Å². The summed E-state index contributed by atoms with van der Waals surface area (Å²) in [6, 6.07) is 8.80. The maximum absolute atomic E-state index is 12.5. The summed E-state index contributed by atoms with van der Waals surface area (Å²) in [6.45, 7) is 0. The number of pyridine rings is 1. The summed E-state index contributed by atoms with van der Waals surface area (Å²) in [7, 11) is 0. The molecular formula is C16H8Cl2N4OS. The van der Waals surface area contributed by atoms with Crippen LogP contribution >= 0.6 is 34.5 Å². The second-order valence-corrected chi connectivity index (χ2v) is 6.78. The summed E-state index contributed by atoms with van der Waals surface area (Å²) < 4.78 is 1.84. The van der Waals surface area contributed by atoms with E-state index in [1.807, 2.05) is 0 Å². The van der Waals surface area contributed by atoms with E-state index >= 15 is 0 Å². The topological polar surface area (TPSA) is 60.2 Å².